The summed E-state index contributed by atoms with van der Waals surface area (Å²) in [7, 11) is 0. The van der Waals surface area contributed by atoms with Crippen molar-refractivity contribution >= 4 is 0 Å². The van der Waals surface area contributed by atoms with Crippen molar-refractivity contribution in [2.75, 3.05) is 32.9 Å². The molecule has 226 valence electrons. The zero-order valence-electron chi connectivity index (χ0n) is 20.8. The highest BCUT2D eigenvalue weighted by Crippen LogP contribution is 2.31. The second-order valence-corrected chi connectivity index (χ2v) is 9.45. The molecule has 39 heavy (non-hydrogen) atoms. The molecule has 0 saturated carbocycles. The van der Waals surface area contributed by atoms with Gasteiger partial charge >= 0.3 is 0 Å². The standard InChI is InChI=1S/C20H38N6O13/c21-9-14(32)16(7(4-28)35-18(9)34)39-20-11(24-1-2-25-26-23)15(33)17(8(5-29)37-20)38-19-10(22)13(31)12(30)6(3-27)36-19/h6-20,24,27-34H,1-5,21-22H2/t6-,7-,8-,9-,10-,11-,12-,13-,14-,15-,16?,17?,18-,19+,20+/m1/s1. The number of nitrogens with two attached hydrogens (primary N) is 2. The van der Waals surface area contributed by atoms with E-state index in [1.807, 2.05) is 0 Å². The van der Waals surface area contributed by atoms with Crippen LogP contribution in [0.2, 0.25) is 0 Å². The molecule has 19 nitrogen and oxygen atoms in total. The van der Waals surface area contributed by atoms with Crippen LogP contribution in [0.1, 0.15) is 0 Å². The third-order valence-electron chi connectivity index (χ3n) is 6.94. The van der Waals surface area contributed by atoms with E-state index in [4.69, 9.17) is 40.7 Å². The molecule has 0 radical (unpaired) electrons. The van der Waals surface area contributed by atoms with Gasteiger partial charge in [0, 0.05) is 18.0 Å². The molecular weight excluding hydrogens is 532 g/mol. The summed E-state index contributed by atoms with van der Waals surface area (Å²) in [5, 5.41) is 87.5. The SMILES string of the molecule is [N-]=[N+]=NCCN[C@H]1[C@H](OC2[C@@H](CO)O[C@@H](O)[C@H](N)[C@H]2O)O[C@H](CO)C(O[C@@H]2O[C@H](CO)[C@@H](O)[C@H](O)[C@H]2N)[C@@H]1O. The lowest BCUT2D eigenvalue weighted by molar-refractivity contribution is -0.350. The smallest absolute Gasteiger partial charge is 0.176 e. The van der Waals surface area contributed by atoms with E-state index < -0.39 is 112 Å². The molecule has 0 aliphatic carbocycles. The Morgan fingerprint density at radius 2 is 1.31 bits per heavy atom. The Morgan fingerprint density at radius 3 is 1.92 bits per heavy atom. The second kappa shape index (κ2) is 14.5. The molecule has 2 unspecified atom stereocenters. The van der Waals surface area contributed by atoms with Crippen molar-refractivity contribution in [2.24, 2.45) is 16.6 Å². The molecule has 19 heteroatoms. The maximum absolute atomic E-state index is 11.3. The van der Waals surface area contributed by atoms with E-state index in [-0.39, 0.29) is 13.1 Å². The highest BCUT2D eigenvalue weighted by Gasteiger charge is 2.53. The Balaban J connectivity index is 1.83. The summed E-state index contributed by atoms with van der Waals surface area (Å²) >= 11 is 0. The maximum Gasteiger partial charge on any atom is 0.176 e. The zero-order chi connectivity index (χ0) is 28.9. The van der Waals surface area contributed by atoms with E-state index in [1.165, 1.54) is 0 Å². The monoisotopic (exact) mass is 570 g/mol. The van der Waals surface area contributed by atoms with Crippen molar-refractivity contribution in [2.45, 2.75) is 91.9 Å². The molecule has 0 aromatic heterocycles. The summed E-state index contributed by atoms with van der Waals surface area (Å²) in [6, 6.07) is -3.81. The zero-order valence-corrected chi connectivity index (χ0v) is 20.8. The van der Waals surface area contributed by atoms with Gasteiger partial charge in [0.15, 0.2) is 18.9 Å². The van der Waals surface area contributed by atoms with Crippen LogP contribution in [0.5, 0.6) is 0 Å². The van der Waals surface area contributed by atoms with Gasteiger partial charge in [-0.15, -0.1) is 0 Å². The maximum atomic E-state index is 11.3. The Bertz CT molecular complexity index is 810. The normalized spacial score (nSPS) is 47.0. The van der Waals surface area contributed by atoms with Crippen molar-refractivity contribution < 1.29 is 64.5 Å². The number of ether oxygens (including phenoxy) is 5. The molecule has 3 aliphatic heterocycles. The minimum absolute atomic E-state index is 0.00777. The van der Waals surface area contributed by atoms with E-state index in [1.54, 1.807) is 0 Å². The first-order chi connectivity index (χ1) is 18.6. The molecule has 0 aromatic carbocycles. The van der Waals surface area contributed by atoms with Crippen LogP contribution in [-0.2, 0) is 23.7 Å². The van der Waals surface area contributed by atoms with E-state index in [9.17, 15) is 40.9 Å². The van der Waals surface area contributed by atoms with Gasteiger partial charge in [0.25, 0.3) is 0 Å². The average Bonchev–Trinajstić information content (AvgIpc) is 2.93. The van der Waals surface area contributed by atoms with E-state index >= 15 is 0 Å². The van der Waals surface area contributed by atoms with Gasteiger partial charge in [-0.05, 0) is 5.53 Å². The molecular formula is C20H38N6O13. The van der Waals surface area contributed by atoms with Crippen molar-refractivity contribution in [1.82, 2.24) is 5.32 Å². The number of aliphatic hydroxyl groups excluding tert-OH is 8. The average molecular weight is 571 g/mol. The van der Waals surface area contributed by atoms with Crippen LogP contribution in [0.15, 0.2) is 5.11 Å². The molecule has 0 bridgehead atoms. The molecule has 15 atom stereocenters. The second-order valence-electron chi connectivity index (χ2n) is 9.45. The van der Waals surface area contributed by atoms with Crippen LogP contribution in [0.25, 0.3) is 10.4 Å². The van der Waals surface area contributed by atoms with Crippen LogP contribution >= 0.6 is 0 Å². The fourth-order valence-corrected chi connectivity index (χ4v) is 4.70. The van der Waals surface area contributed by atoms with Gasteiger partial charge in [-0.3, -0.25) is 0 Å². The fraction of sp³-hybridized carbons (Fsp3) is 1.00. The van der Waals surface area contributed by atoms with Crippen molar-refractivity contribution in [3.63, 3.8) is 0 Å². The Morgan fingerprint density at radius 1 is 0.744 bits per heavy atom. The largest absolute Gasteiger partial charge is 0.394 e. The summed E-state index contributed by atoms with van der Waals surface area (Å²) in [5.74, 6) is 0. The van der Waals surface area contributed by atoms with E-state index in [0.29, 0.717) is 0 Å². The van der Waals surface area contributed by atoms with Crippen LogP contribution in [-0.4, -0.2) is 166 Å². The number of nitrogens with zero attached hydrogens (tertiary/aromatic N) is 3. The van der Waals surface area contributed by atoms with Crippen LogP contribution in [0, 0.1) is 0 Å². The van der Waals surface area contributed by atoms with Crippen molar-refractivity contribution in [3.05, 3.63) is 10.4 Å². The van der Waals surface area contributed by atoms with Gasteiger partial charge in [-0.2, -0.15) is 0 Å². The molecule has 0 spiro atoms. The first-order valence-corrected chi connectivity index (χ1v) is 12.3. The quantitative estimate of drug-likeness (QED) is 0.0475. The van der Waals surface area contributed by atoms with Crippen LogP contribution in [0.3, 0.4) is 0 Å². The van der Waals surface area contributed by atoms with Crippen molar-refractivity contribution in [1.29, 1.82) is 0 Å². The van der Waals surface area contributed by atoms with Gasteiger partial charge in [0.1, 0.15) is 54.9 Å². The highest BCUT2D eigenvalue weighted by atomic mass is 16.7. The lowest BCUT2D eigenvalue weighted by Gasteiger charge is -2.49. The summed E-state index contributed by atoms with van der Waals surface area (Å²) in [6.07, 6.45) is -17.2. The third-order valence-corrected chi connectivity index (χ3v) is 6.94. The Kier molecular flexibility index (Phi) is 12.0. The number of hydrogen-bond acceptors (Lipinski definition) is 17. The topological polar surface area (TPSA) is 321 Å². The summed E-state index contributed by atoms with van der Waals surface area (Å²) in [4.78, 5) is 2.64. The lowest BCUT2D eigenvalue weighted by atomic mass is 9.94. The van der Waals surface area contributed by atoms with Crippen LogP contribution < -0.4 is 16.8 Å². The molecule has 0 amide bonds. The van der Waals surface area contributed by atoms with Gasteiger partial charge in [0.2, 0.25) is 0 Å². The minimum atomic E-state index is -1.59. The summed E-state index contributed by atoms with van der Waals surface area (Å²) < 4.78 is 28.2. The minimum Gasteiger partial charge on any atom is -0.394 e. The van der Waals surface area contributed by atoms with Gasteiger partial charge in [-0.25, -0.2) is 0 Å². The molecule has 3 heterocycles. The predicted octanol–water partition coefficient (Wildman–Crippen LogP) is -6.73. The summed E-state index contributed by atoms with van der Waals surface area (Å²) in [5.41, 5.74) is 20.3. The number of nitrogens with one attached hydrogen (secondary N) is 1. The fourth-order valence-electron chi connectivity index (χ4n) is 4.70. The van der Waals surface area contributed by atoms with E-state index in [0.717, 1.165) is 0 Å². The lowest BCUT2D eigenvalue weighted by Crippen LogP contribution is -2.70. The predicted molar refractivity (Wildman–Crippen MR) is 125 cm³/mol. The summed E-state index contributed by atoms with van der Waals surface area (Å²) in [6.45, 7) is -2.12. The number of azide groups is 1. The molecule has 3 saturated heterocycles. The highest BCUT2D eigenvalue weighted by molar-refractivity contribution is 4.99. The first-order valence-electron chi connectivity index (χ1n) is 12.3. The Labute approximate surface area is 222 Å². The molecule has 13 N–H and O–H groups in total. The van der Waals surface area contributed by atoms with Crippen molar-refractivity contribution in [3.8, 4) is 0 Å². The molecule has 3 rings (SSSR count). The third kappa shape index (κ3) is 7.12. The van der Waals surface area contributed by atoms with Gasteiger partial charge in [-0.1, -0.05) is 5.11 Å². The molecule has 3 aliphatic rings. The van der Waals surface area contributed by atoms with Gasteiger partial charge in [0.05, 0.1) is 37.9 Å². The molecule has 3 fully saturated rings. The van der Waals surface area contributed by atoms with E-state index in [2.05, 4.69) is 15.3 Å². The molecule has 0 aromatic rings. The first kappa shape index (κ1) is 32.2. The number of hydrogen-bond donors (Lipinski definition) is 11. The van der Waals surface area contributed by atoms with Crippen LogP contribution in [0.4, 0.5) is 0 Å². The number of aliphatic hydroxyl groups is 8. The number of rotatable bonds is 11. The van der Waals surface area contributed by atoms with Gasteiger partial charge < -0.3 is 81.3 Å². The Hall–Kier alpha value is -1.33.